The number of nitrogens with zero attached hydrogens (tertiary/aromatic N) is 1. The maximum atomic E-state index is 13.3. The second-order valence-electron chi connectivity index (χ2n) is 8.86. The van der Waals surface area contributed by atoms with Gasteiger partial charge < -0.3 is 10.1 Å². The number of amides is 1. The molecule has 1 unspecified atom stereocenters. The summed E-state index contributed by atoms with van der Waals surface area (Å²) in [5.74, 6) is 0.762. The van der Waals surface area contributed by atoms with Crippen LogP contribution in [0.25, 0.3) is 0 Å². The van der Waals surface area contributed by atoms with Gasteiger partial charge in [0.05, 0.1) is 17.5 Å². The molecule has 1 N–H and O–H groups in total. The van der Waals surface area contributed by atoms with Crippen LogP contribution in [0, 0.1) is 6.92 Å². The standard InChI is InChI=1S/C25H32N2O4S/c1-4-25(5-2)17-21(20-10-6-7-11-23(20)31-25)26-24(28)19-13-12-18(3)22(16-19)27-14-8-9-15-32(27,29)30/h6-7,10-13,16,21H,4-5,8-9,14-15,17H2,1-3H3,(H,26,28). The van der Waals surface area contributed by atoms with E-state index in [9.17, 15) is 13.2 Å². The fraction of sp³-hybridized carbons (Fsp3) is 0.480. The molecule has 2 aromatic rings. The lowest BCUT2D eigenvalue weighted by Crippen LogP contribution is -2.44. The Morgan fingerprint density at radius 3 is 2.62 bits per heavy atom. The van der Waals surface area contributed by atoms with Gasteiger partial charge in [-0.25, -0.2) is 8.42 Å². The SMILES string of the molecule is CCC1(CC)CC(NC(=O)c2ccc(C)c(N3CCCCS3(=O)=O)c2)c2ccccc2O1. The Balaban J connectivity index is 1.63. The van der Waals surface area contributed by atoms with Crippen molar-refractivity contribution in [1.82, 2.24) is 5.32 Å². The molecule has 2 heterocycles. The number of hydrogen-bond donors (Lipinski definition) is 1. The van der Waals surface area contributed by atoms with E-state index >= 15 is 0 Å². The Morgan fingerprint density at radius 2 is 1.91 bits per heavy atom. The number of rotatable bonds is 5. The van der Waals surface area contributed by atoms with Gasteiger partial charge in [0, 0.05) is 24.1 Å². The molecule has 2 aliphatic rings. The van der Waals surface area contributed by atoms with Gasteiger partial charge in [0.1, 0.15) is 11.4 Å². The zero-order chi connectivity index (χ0) is 22.9. The third-order valence-corrected chi connectivity index (χ3v) is 8.74. The lowest BCUT2D eigenvalue weighted by molar-refractivity contribution is 0.0227. The van der Waals surface area contributed by atoms with Crippen LogP contribution < -0.4 is 14.4 Å². The number of hydrogen-bond acceptors (Lipinski definition) is 4. The van der Waals surface area contributed by atoms with Gasteiger partial charge in [0.2, 0.25) is 10.0 Å². The minimum absolute atomic E-state index is 0.151. The van der Waals surface area contributed by atoms with Crippen LogP contribution in [0.5, 0.6) is 5.75 Å². The van der Waals surface area contributed by atoms with Gasteiger partial charge in [-0.1, -0.05) is 38.1 Å². The lowest BCUT2D eigenvalue weighted by Gasteiger charge is -2.41. The molecule has 0 radical (unpaired) electrons. The average Bonchev–Trinajstić information content (AvgIpc) is 2.79. The highest BCUT2D eigenvalue weighted by atomic mass is 32.2. The summed E-state index contributed by atoms with van der Waals surface area (Å²) in [6.07, 6.45) is 3.90. The average molecular weight is 457 g/mol. The predicted molar refractivity (Wildman–Crippen MR) is 127 cm³/mol. The van der Waals surface area contributed by atoms with E-state index in [0.29, 0.717) is 30.6 Å². The van der Waals surface area contributed by atoms with Crippen LogP contribution in [0.1, 0.15) is 73.5 Å². The van der Waals surface area contributed by atoms with E-state index in [1.807, 2.05) is 37.3 Å². The zero-order valence-electron chi connectivity index (χ0n) is 19.1. The number of carbonyl (C=O) groups is 1. The summed E-state index contributed by atoms with van der Waals surface area (Å²) >= 11 is 0. The monoisotopic (exact) mass is 456 g/mol. The van der Waals surface area contributed by atoms with Crippen LogP contribution in [0.4, 0.5) is 5.69 Å². The first-order chi connectivity index (χ1) is 15.3. The van der Waals surface area contributed by atoms with Crippen LogP contribution in [0.15, 0.2) is 42.5 Å². The van der Waals surface area contributed by atoms with Crippen molar-refractivity contribution in [1.29, 1.82) is 0 Å². The van der Waals surface area contributed by atoms with E-state index in [1.165, 1.54) is 4.31 Å². The maximum absolute atomic E-state index is 13.3. The summed E-state index contributed by atoms with van der Waals surface area (Å²) in [5.41, 5.74) is 2.57. The fourth-order valence-electron chi connectivity index (χ4n) is 4.75. The van der Waals surface area contributed by atoms with E-state index in [2.05, 4.69) is 19.2 Å². The number of carbonyl (C=O) groups excluding carboxylic acids is 1. The topological polar surface area (TPSA) is 75.7 Å². The van der Waals surface area contributed by atoms with Crippen molar-refractivity contribution in [3.05, 3.63) is 59.2 Å². The highest BCUT2D eigenvalue weighted by molar-refractivity contribution is 7.92. The van der Waals surface area contributed by atoms with Crippen LogP contribution in [0.3, 0.4) is 0 Å². The van der Waals surface area contributed by atoms with E-state index in [1.54, 1.807) is 12.1 Å². The second kappa shape index (κ2) is 8.77. The van der Waals surface area contributed by atoms with Gasteiger partial charge in [0.15, 0.2) is 0 Å². The van der Waals surface area contributed by atoms with E-state index in [0.717, 1.165) is 36.1 Å². The summed E-state index contributed by atoms with van der Waals surface area (Å²) < 4.78 is 33.0. The number of aryl methyl sites for hydroxylation is 1. The maximum Gasteiger partial charge on any atom is 0.251 e. The molecule has 0 spiro atoms. The molecule has 4 rings (SSSR count). The van der Waals surface area contributed by atoms with Crippen molar-refractivity contribution >= 4 is 21.6 Å². The molecule has 7 heteroatoms. The summed E-state index contributed by atoms with van der Waals surface area (Å²) in [6.45, 7) is 6.56. The number of nitrogens with one attached hydrogen (secondary N) is 1. The molecule has 2 aromatic carbocycles. The number of sulfonamides is 1. The molecule has 1 amide bonds. The number of benzene rings is 2. The highest BCUT2D eigenvalue weighted by Crippen LogP contribution is 2.42. The Bertz CT molecular complexity index is 1110. The molecule has 172 valence electrons. The molecule has 1 fully saturated rings. The quantitative estimate of drug-likeness (QED) is 0.705. The lowest BCUT2D eigenvalue weighted by atomic mass is 9.83. The van der Waals surface area contributed by atoms with Crippen molar-refractivity contribution in [2.24, 2.45) is 0 Å². The van der Waals surface area contributed by atoms with Gasteiger partial charge in [-0.2, -0.15) is 0 Å². The summed E-state index contributed by atoms with van der Waals surface area (Å²) in [4.78, 5) is 13.3. The molecule has 6 nitrogen and oxygen atoms in total. The Kier molecular flexibility index (Phi) is 6.21. The normalized spacial score (nSPS) is 21.3. The van der Waals surface area contributed by atoms with Crippen LogP contribution in [0.2, 0.25) is 0 Å². The number of ether oxygens (including phenoxy) is 1. The molecule has 32 heavy (non-hydrogen) atoms. The van der Waals surface area contributed by atoms with Gasteiger partial charge in [-0.15, -0.1) is 0 Å². The molecule has 1 saturated heterocycles. The van der Waals surface area contributed by atoms with Crippen molar-refractivity contribution in [2.45, 2.75) is 64.5 Å². The zero-order valence-corrected chi connectivity index (χ0v) is 19.9. The summed E-state index contributed by atoms with van der Waals surface area (Å²) in [7, 11) is -3.35. The van der Waals surface area contributed by atoms with Crippen LogP contribution in [-0.4, -0.2) is 32.2 Å². The van der Waals surface area contributed by atoms with Gasteiger partial charge in [-0.05, 0) is 56.4 Å². The smallest absolute Gasteiger partial charge is 0.251 e. The van der Waals surface area contributed by atoms with Crippen molar-refractivity contribution in [3.63, 3.8) is 0 Å². The molecule has 0 bridgehead atoms. The minimum Gasteiger partial charge on any atom is -0.487 e. The van der Waals surface area contributed by atoms with Gasteiger partial charge >= 0.3 is 0 Å². The fourth-order valence-corrected chi connectivity index (χ4v) is 6.44. The Hall–Kier alpha value is -2.54. The number of para-hydroxylation sites is 1. The molecule has 0 saturated carbocycles. The minimum atomic E-state index is -3.35. The third-order valence-electron chi connectivity index (χ3n) is 6.88. The number of fused-ring (bicyclic) bond motifs is 1. The summed E-state index contributed by atoms with van der Waals surface area (Å²) in [5, 5.41) is 3.20. The van der Waals surface area contributed by atoms with E-state index in [4.69, 9.17) is 4.74 Å². The van der Waals surface area contributed by atoms with Crippen molar-refractivity contribution in [2.75, 3.05) is 16.6 Å². The first-order valence-electron chi connectivity index (χ1n) is 11.5. The molecule has 0 aromatic heterocycles. The summed E-state index contributed by atoms with van der Waals surface area (Å²) in [6, 6.07) is 13.0. The predicted octanol–water partition coefficient (Wildman–Crippen LogP) is 4.74. The van der Waals surface area contributed by atoms with Crippen LogP contribution in [-0.2, 0) is 10.0 Å². The van der Waals surface area contributed by atoms with E-state index < -0.39 is 10.0 Å². The van der Waals surface area contributed by atoms with Crippen molar-refractivity contribution in [3.8, 4) is 5.75 Å². The Morgan fingerprint density at radius 1 is 1.16 bits per heavy atom. The van der Waals surface area contributed by atoms with Gasteiger partial charge in [0.25, 0.3) is 5.91 Å². The van der Waals surface area contributed by atoms with E-state index in [-0.39, 0.29) is 23.3 Å². The molecule has 1 atom stereocenters. The molecular formula is C25H32N2O4S. The Labute approximate surface area is 191 Å². The first-order valence-corrected chi connectivity index (χ1v) is 13.1. The van der Waals surface area contributed by atoms with Crippen molar-refractivity contribution < 1.29 is 17.9 Å². The number of anilines is 1. The molecule has 2 aliphatic heterocycles. The molecular weight excluding hydrogens is 424 g/mol. The molecule has 0 aliphatic carbocycles. The largest absolute Gasteiger partial charge is 0.487 e. The third kappa shape index (κ3) is 4.22. The second-order valence-corrected chi connectivity index (χ2v) is 10.9. The highest BCUT2D eigenvalue weighted by Gasteiger charge is 2.39. The van der Waals surface area contributed by atoms with Gasteiger partial charge in [-0.3, -0.25) is 9.10 Å². The first kappa shape index (κ1) is 22.6. The van der Waals surface area contributed by atoms with Crippen LogP contribution >= 0.6 is 0 Å².